The molecule has 0 saturated heterocycles. The van der Waals surface area contributed by atoms with Crippen LogP contribution in [0, 0.1) is 0 Å². The molecule has 0 aliphatic carbocycles. The quantitative estimate of drug-likeness (QED) is 0.0261. The van der Waals surface area contributed by atoms with Gasteiger partial charge < -0.3 is 14.2 Å². The summed E-state index contributed by atoms with van der Waals surface area (Å²) in [6, 6.07) is 0. The van der Waals surface area contributed by atoms with Gasteiger partial charge in [-0.2, -0.15) is 0 Å². The van der Waals surface area contributed by atoms with E-state index in [0.29, 0.717) is 19.3 Å². The lowest BCUT2D eigenvalue weighted by molar-refractivity contribution is -0.167. The van der Waals surface area contributed by atoms with E-state index in [-0.39, 0.29) is 31.1 Å². The SMILES string of the molecule is CC/C=C\C/C=C\C/C=C\CCCCCC(=O)OCC(COC(=O)CCCCCCCCCCCCCCCCCC/C=C\C/C=C\C/C=C\CCCCCCC)OC(=O)CCCCCCCCCCC/C=C\CCCCCCCCCC. The van der Waals surface area contributed by atoms with Crippen molar-refractivity contribution < 1.29 is 28.6 Å². The van der Waals surface area contributed by atoms with Crippen LogP contribution in [-0.2, 0) is 28.6 Å². The molecular formula is C77H136O6. The minimum atomic E-state index is -0.791. The second kappa shape index (κ2) is 71.1. The lowest BCUT2D eigenvalue weighted by atomic mass is 10.0. The highest BCUT2D eigenvalue weighted by Crippen LogP contribution is 2.18. The molecule has 83 heavy (non-hydrogen) atoms. The first-order valence-electron chi connectivity index (χ1n) is 36.1. The molecule has 0 aliphatic heterocycles. The maximum absolute atomic E-state index is 12.9. The van der Waals surface area contributed by atoms with Gasteiger partial charge in [-0.25, -0.2) is 0 Å². The maximum Gasteiger partial charge on any atom is 0.306 e. The van der Waals surface area contributed by atoms with Crippen LogP contribution in [0.1, 0.15) is 367 Å². The first kappa shape index (κ1) is 79.6. The molecule has 0 heterocycles. The number of rotatable bonds is 66. The van der Waals surface area contributed by atoms with Gasteiger partial charge in [0.25, 0.3) is 0 Å². The highest BCUT2D eigenvalue weighted by atomic mass is 16.6. The average molecular weight is 1160 g/mol. The number of unbranched alkanes of at least 4 members (excludes halogenated alkanes) is 41. The second-order valence-electron chi connectivity index (χ2n) is 24.1. The molecule has 0 spiro atoms. The first-order chi connectivity index (χ1) is 41.0. The average Bonchev–Trinajstić information content (AvgIpc) is 3.49. The zero-order valence-corrected chi connectivity index (χ0v) is 55.2. The van der Waals surface area contributed by atoms with Crippen LogP contribution in [0.15, 0.2) is 85.1 Å². The molecule has 0 amide bonds. The minimum absolute atomic E-state index is 0.0841. The molecule has 6 heteroatoms. The Balaban J connectivity index is 4.22. The largest absolute Gasteiger partial charge is 0.462 e. The maximum atomic E-state index is 12.9. The summed E-state index contributed by atoms with van der Waals surface area (Å²) in [4.78, 5) is 38.4. The van der Waals surface area contributed by atoms with Gasteiger partial charge in [-0.15, -0.1) is 0 Å². The number of carbonyl (C=O) groups excluding carboxylic acids is 3. The molecule has 0 aromatic heterocycles. The summed E-state index contributed by atoms with van der Waals surface area (Å²) >= 11 is 0. The summed E-state index contributed by atoms with van der Waals surface area (Å²) < 4.78 is 17.0. The van der Waals surface area contributed by atoms with E-state index in [9.17, 15) is 14.4 Å². The topological polar surface area (TPSA) is 78.9 Å². The lowest BCUT2D eigenvalue weighted by Crippen LogP contribution is -2.30. The van der Waals surface area contributed by atoms with E-state index in [1.165, 1.54) is 231 Å². The number of hydrogen-bond acceptors (Lipinski definition) is 6. The summed E-state index contributed by atoms with van der Waals surface area (Å²) in [7, 11) is 0. The fourth-order valence-electron chi connectivity index (χ4n) is 10.5. The van der Waals surface area contributed by atoms with Crippen molar-refractivity contribution in [2.45, 2.75) is 374 Å². The Morgan fingerprint density at radius 1 is 0.253 bits per heavy atom. The number of carbonyl (C=O) groups is 3. The zero-order chi connectivity index (χ0) is 59.9. The van der Waals surface area contributed by atoms with E-state index in [2.05, 4.69) is 106 Å². The summed E-state index contributed by atoms with van der Waals surface area (Å²) in [5, 5.41) is 0. The standard InChI is InChI=1S/C77H136O6/c1-4-7-10-13-16-19-22-25-27-29-31-33-34-35-36-37-38-39-40-41-42-44-45-47-49-52-55-58-61-64-67-70-76(79)82-73-74(72-81-75(78)69-66-63-60-57-54-51-24-21-18-15-12-9-6-3)83-77(80)71-68-65-62-59-56-53-50-48-46-43-32-30-28-26-23-20-17-14-11-8-5-2/h9,12,18,21-22,25,29-32,34-35,51,54,74H,4-8,10-11,13-17,19-20,23-24,26-28,33,36-50,52-53,55-73H2,1-3H3/b12-9-,21-18-,25-22-,31-29-,32-30-,35-34-,54-51-. The van der Waals surface area contributed by atoms with Crippen LogP contribution in [0.3, 0.4) is 0 Å². The van der Waals surface area contributed by atoms with Crippen molar-refractivity contribution in [3.63, 3.8) is 0 Å². The van der Waals surface area contributed by atoms with Gasteiger partial charge >= 0.3 is 17.9 Å². The highest BCUT2D eigenvalue weighted by Gasteiger charge is 2.19. The molecule has 0 rings (SSSR count). The molecule has 480 valence electrons. The summed E-state index contributed by atoms with van der Waals surface area (Å²) in [6.45, 7) is 6.53. The van der Waals surface area contributed by atoms with Crippen molar-refractivity contribution in [1.82, 2.24) is 0 Å². The van der Waals surface area contributed by atoms with Crippen LogP contribution in [0.4, 0.5) is 0 Å². The molecule has 0 aromatic rings. The first-order valence-corrected chi connectivity index (χ1v) is 36.1. The number of ether oxygens (including phenoxy) is 3. The van der Waals surface area contributed by atoms with Gasteiger partial charge in [0.2, 0.25) is 0 Å². The summed E-state index contributed by atoms with van der Waals surface area (Å²) in [5.41, 5.74) is 0. The molecule has 0 fully saturated rings. The molecule has 1 atom stereocenters. The monoisotopic (exact) mass is 1160 g/mol. The third-order valence-electron chi connectivity index (χ3n) is 15.9. The van der Waals surface area contributed by atoms with Crippen molar-refractivity contribution in [2.24, 2.45) is 0 Å². The Bertz CT molecular complexity index is 1570. The van der Waals surface area contributed by atoms with Gasteiger partial charge in [0.05, 0.1) is 0 Å². The fraction of sp³-hybridized carbons (Fsp3) is 0.779. The van der Waals surface area contributed by atoms with E-state index in [1.54, 1.807) is 0 Å². The predicted octanol–water partition coefficient (Wildman–Crippen LogP) is 25.0. The van der Waals surface area contributed by atoms with Crippen LogP contribution >= 0.6 is 0 Å². The smallest absolute Gasteiger partial charge is 0.306 e. The Morgan fingerprint density at radius 3 is 0.759 bits per heavy atom. The molecular weight excluding hydrogens is 1020 g/mol. The van der Waals surface area contributed by atoms with Crippen LogP contribution in [0.25, 0.3) is 0 Å². The van der Waals surface area contributed by atoms with Crippen LogP contribution in [0.5, 0.6) is 0 Å². The van der Waals surface area contributed by atoms with Gasteiger partial charge in [0.1, 0.15) is 13.2 Å². The van der Waals surface area contributed by atoms with Crippen molar-refractivity contribution in [1.29, 1.82) is 0 Å². The molecule has 0 bridgehead atoms. The number of esters is 3. The molecule has 1 unspecified atom stereocenters. The van der Waals surface area contributed by atoms with Gasteiger partial charge in [-0.1, -0.05) is 318 Å². The van der Waals surface area contributed by atoms with Crippen molar-refractivity contribution in [2.75, 3.05) is 13.2 Å². The third-order valence-corrected chi connectivity index (χ3v) is 15.9. The molecule has 0 saturated carbocycles. The Kier molecular flexibility index (Phi) is 68.2. The summed E-state index contributed by atoms with van der Waals surface area (Å²) in [6.07, 6.45) is 94.8. The van der Waals surface area contributed by atoms with Crippen molar-refractivity contribution in [3.05, 3.63) is 85.1 Å². The van der Waals surface area contributed by atoms with Gasteiger partial charge in [-0.3, -0.25) is 14.4 Å². The molecule has 6 nitrogen and oxygen atoms in total. The Hall–Kier alpha value is -3.41. The fourth-order valence-corrected chi connectivity index (χ4v) is 10.5. The molecule has 0 N–H and O–H groups in total. The van der Waals surface area contributed by atoms with Crippen LogP contribution < -0.4 is 0 Å². The normalized spacial score (nSPS) is 12.6. The molecule has 0 radical (unpaired) electrons. The van der Waals surface area contributed by atoms with Crippen molar-refractivity contribution >= 4 is 17.9 Å². The number of allylic oxidation sites excluding steroid dienone is 14. The van der Waals surface area contributed by atoms with E-state index >= 15 is 0 Å². The van der Waals surface area contributed by atoms with Gasteiger partial charge in [-0.05, 0) is 116 Å². The lowest BCUT2D eigenvalue weighted by Gasteiger charge is -2.18. The van der Waals surface area contributed by atoms with Crippen LogP contribution in [-0.4, -0.2) is 37.2 Å². The second-order valence-corrected chi connectivity index (χ2v) is 24.1. The molecule has 0 aliphatic rings. The third kappa shape index (κ3) is 69.3. The van der Waals surface area contributed by atoms with Gasteiger partial charge in [0, 0.05) is 19.3 Å². The van der Waals surface area contributed by atoms with E-state index in [1.807, 2.05) is 0 Å². The van der Waals surface area contributed by atoms with E-state index in [4.69, 9.17) is 14.2 Å². The number of hydrogen-bond donors (Lipinski definition) is 0. The predicted molar refractivity (Wildman–Crippen MR) is 362 cm³/mol. The highest BCUT2D eigenvalue weighted by molar-refractivity contribution is 5.71. The van der Waals surface area contributed by atoms with E-state index < -0.39 is 6.10 Å². The zero-order valence-electron chi connectivity index (χ0n) is 55.2. The minimum Gasteiger partial charge on any atom is -0.462 e. The van der Waals surface area contributed by atoms with Gasteiger partial charge in [0.15, 0.2) is 6.10 Å². The Labute approximate surface area is 515 Å². The van der Waals surface area contributed by atoms with Crippen LogP contribution in [0.2, 0.25) is 0 Å². The molecule has 0 aromatic carbocycles. The summed E-state index contributed by atoms with van der Waals surface area (Å²) in [5.74, 6) is -0.899. The van der Waals surface area contributed by atoms with E-state index in [0.717, 1.165) is 96.3 Å². The Morgan fingerprint density at radius 2 is 0.470 bits per heavy atom. The van der Waals surface area contributed by atoms with Crippen molar-refractivity contribution in [3.8, 4) is 0 Å².